The Labute approximate surface area is 128 Å². The Morgan fingerprint density at radius 1 is 1.43 bits per heavy atom. The molecule has 0 saturated carbocycles. The molecule has 1 aromatic rings. The number of hydrogen-bond donors (Lipinski definition) is 0. The number of carbonyl (C=O) groups excluding carboxylic acids is 2. The molecule has 2 rings (SSSR count). The minimum atomic E-state index is -0.547. The van der Waals surface area contributed by atoms with Gasteiger partial charge in [-0.15, -0.1) is 5.10 Å². The molecular weight excluding hydrogens is 290 g/mol. The lowest BCUT2D eigenvalue weighted by atomic mass is 10.1. The van der Waals surface area contributed by atoms with Crippen molar-refractivity contribution in [3.63, 3.8) is 0 Å². The summed E-state index contributed by atoms with van der Waals surface area (Å²) in [6, 6.07) is -0.497. The number of aromatic nitrogens is 2. The maximum atomic E-state index is 12.6. The minimum absolute atomic E-state index is 0.157. The Morgan fingerprint density at radius 3 is 2.76 bits per heavy atom. The molecule has 6 nitrogen and oxygen atoms in total. The van der Waals surface area contributed by atoms with Crippen LogP contribution in [0.5, 0.6) is 0 Å². The van der Waals surface area contributed by atoms with Crippen molar-refractivity contribution in [3.05, 3.63) is 10.6 Å². The lowest BCUT2D eigenvalue weighted by Gasteiger charge is -2.27. The van der Waals surface area contributed by atoms with Crippen LogP contribution in [0.25, 0.3) is 0 Å². The number of ether oxygens (including phenoxy) is 1. The Kier molecular flexibility index (Phi) is 4.61. The molecule has 7 heteroatoms. The first-order valence-corrected chi connectivity index (χ1v) is 7.96. The van der Waals surface area contributed by atoms with Crippen molar-refractivity contribution in [1.29, 1.82) is 0 Å². The fraction of sp³-hybridized carbons (Fsp3) is 0.714. The van der Waals surface area contributed by atoms with Crippen LogP contribution >= 0.6 is 11.5 Å². The summed E-state index contributed by atoms with van der Waals surface area (Å²) < 4.78 is 9.26. The first-order chi connectivity index (χ1) is 9.83. The molecule has 0 spiro atoms. The zero-order valence-electron chi connectivity index (χ0n) is 12.9. The quantitative estimate of drug-likeness (QED) is 0.799. The van der Waals surface area contributed by atoms with Crippen molar-refractivity contribution in [2.24, 2.45) is 0 Å². The molecule has 1 amide bonds. The molecule has 2 heterocycles. The Morgan fingerprint density at radius 2 is 2.14 bits per heavy atom. The van der Waals surface area contributed by atoms with Gasteiger partial charge in [-0.05, 0) is 51.6 Å². The summed E-state index contributed by atoms with van der Waals surface area (Å²) in [6.45, 7) is 7.99. The third kappa shape index (κ3) is 3.58. The highest BCUT2D eigenvalue weighted by Gasteiger charge is 2.38. The molecule has 1 atom stereocenters. The molecule has 116 valence electrons. The first kappa shape index (κ1) is 15.9. The predicted molar refractivity (Wildman–Crippen MR) is 79.2 cm³/mol. The van der Waals surface area contributed by atoms with E-state index >= 15 is 0 Å². The molecular formula is C14H21N3O3S. The second-order valence-corrected chi connectivity index (χ2v) is 6.85. The lowest BCUT2D eigenvalue weighted by molar-refractivity contribution is -0.159. The molecule has 0 radical (unpaired) electrons. The standard InChI is InChI=1S/C14H21N3O3S/c1-5-9-11(21-16-15-9)12(18)17-8-6-7-10(17)13(19)20-14(2,3)4/h10H,5-8H2,1-4H3/t10-/m1/s1. The van der Waals surface area contributed by atoms with Crippen LogP contribution in [0.4, 0.5) is 0 Å². The van der Waals surface area contributed by atoms with Gasteiger partial charge in [-0.3, -0.25) is 4.79 Å². The number of esters is 1. The summed E-state index contributed by atoms with van der Waals surface area (Å²) in [5, 5.41) is 3.96. The topological polar surface area (TPSA) is 72.4 Å². The highest BCUT2D eigenvalue weighted by molar-refractivity contribution is 7.08. The van der Waals surface area contributed by atoms with Crippen molar-refractivity contribution in [2.75, 3.05) is 6.54 Å². The summed E-state index contributed by atoms with van der Waals surface area (Å²) >= 11 is 1.09. The number of carbonyl (C=O) groups is 2. The van der Waals surface area contributed by atoms with E-state index in [2.05, 4.69) is 9.59 Å². The van der Waals surface area contributed by atoms with Gasteiger partial charge in [-0.1, -0.05) is 11.4 Å². The van der Waals surface area contributed by atoms with Crippen LogP contribution in [-0.4, -0.2) is 44.6 Å². The normalized spacial score (nSPS) is 18.9. The number of nitrogens with zero attached hydrogens (tertiary/aromatic N) is 3. The second kappa shape index (κ2) is 6.09. The Hall–Kier alpha value is -1.50. The van der Waals surface area contributed by atoms with Crippen LogP contribution in [0.2, 0.25) is 0 Å². The molecule has 0 aliphatic carbocycles. The van der Waals surface area contributed by atoms with Crippen LogP contribution < -0.4 is 0 Å². The molecule has 1 saturated heterocycles. The fourth-order valence-corrected chi connectivity index (χ4v) is 3.06. The van der Waals surface area contributed by atoms with Gasteiger partial charge in [0.25, 0.3) is 5.91 Å². The summed E-state index contributed by atoms with van der Waals surface area (Å²) in [7, 11) is 0. The van der Waals surface area contributed by atoms with Crippen molar-refractivity contribution < 1.29 is 14.3 Å². The van der Waals surface area contributed by atoms with Crippen molar-refractivity contribution >= 4 is 23.4 Å². The number of rotatable bonds is 3. The largest absolute Gasteiger partial charge is 0.458 e. The molecule has 0 aromatic carbocycles. The molecule has 0 N–H and O–H groups in total. The summed E-state index contributed by atoms with van der Waals surface area (Å²) in [4.78, 5) is 27.0. The smallest absolute Gasteiger partial charge is 0.329 e. The average molecular weight is 311 g/mol. The SMILES string of the molecule is CCc1nnsc1C(=O)N1CCC[C@@H]1C(=O)OC(C)(C)C. The van der Waals surface area contributed by atoms with Crippen LogP contribution in [-0.2, 0) is 16.0 Å². The fourth-order valence-electron chi connectivity index (χ4n) is 2.36. The van der Waals surface area contributed by atoms with Gasteiger partial charge in [0.2, 0.25) is 0 Å². The van der Waals surface area contributed by atoms with E-state index in [1.807, 2.05) is 27.7 Å². The highest BCUT2D eigenvalue weighted by Crippen LogP contribution is 2.25. The van der Waals surface area contributed by atoms with E-state index in [0.29, 0.717) is 30.0 Å². The van der Waals surface area contributed by atoms with E-state index in [-0.39, 0.29) is 11.9 Å². The predicted octanol–water partition coefficient (Wildman–Crippen LogP) is 2.05. The number of likely N-dealkylation sites (tertiary alicyclic amines) is 1. The van der Waals surface area contributed by atoms with Gasteiger partial charge in [0.15, 0.2) is 0 Å². The molecule has 0 bridgehead atoms. The van der Waals surface area contributed by atoms with Crippen molar-refractivity contribution in [2.45, 2.75) is 58.6 Å². The van der Waals surface area contributed by atoms with Gasteiger partial charge >= 0.3 is 5.97 Å². The van der Waals surface area contributed by atoms with Gasteiger partial charge in [0, 0.05) is 6.54 Å². The first-order valence-electron chi connectivity index (χ1n) is 7.18. The number of hydrogen-bond acceptors (Lipinski definition) is 6. The van der Waals surface area contributed by atoms with Gasteiger partial charge in [-0.2, -0.15) is 0 Å². The molecule has 1 aromatic heterocycles. The van der Waals surface area contributed by atoms with Gasteiger partial charge in [0.05, 0.1) is 5.69 Å². The third-order valence-electron chi connectivity index (χ3n) is 3.28. The summed E-state index contributed by atoms with van der Waals surface area (Å²) in [5.74, 6) is -0.487. The summed E-state index contributed by atoms with van der Waals surface area (Å²) in [5.41, 5.74) is 0.148. The van der Waals surface area contributed by atoms with Crippen molar-refractivity contribution in [1.82, 2.24) is 14.5 Å². The van der Waals surface area contributed by atoms with Crippen molar-refractivity contribution in [3.8, 4) is 0 Å². The van der Waals surface area contributed by atoms with Gasteiger partial charge in [0.1, 0.15) is 16.5 Å². The van der Waals surface area contributed by atoms with Crippen LogP contribution in [0.15, 0.2) is 0 Å². The highest BCUT2D eigenvalue weighted by atomic mass is 32.1. The zero-order chi connectivity index (χ0) is 15.6. The number of aryl methyl sites for hydroxylation is 1. The zero-order valence-corrected chi connectivity index (χ0v) is 13.7. The van der Waals surface area contributed by atoms with E-state index in [1.54, 1.807) is 4.90 Å². The summed E-state index contributed by atoms with van der Waals surface area (Å²) in [6.07, 6.45) is 2.11. The van der Waals surface area contributed by atoms with Crippen LogP contribution in [0.1, 0.15) is 55.9 Å². The molecule has 21 heavy (non-hydrogen) atoms. The maximum absolute atomic E-state index is 12.6. The van der Waals surface area contributed by atoms with E-state index in [0.717, 1.165) is 18.0 Å². The van der Waals surface area contributed by atoms with E-state index in [4.69, 9.17) is 4.74 Å². The Balaban J connectivity index is 2.15. The molecule has 0 unspecified atom stereocenters. The monoisotopic (exact) mass is 311 g/mol. The van der Waals surface area contributed by atoms with E-state index in [9.17, 15) is 9.59 Å². The van der Waals surface area contributed by atoms with Gasteiger partial charge in [-0.25, -0.2) is 4.79 Å². The third-order valence-corrected chi connectivity index (χ3v) is 4.03. The molecule has 1 fully saturated rings. The maximum Gasteiger partial charge on any atom is 0.329 e. The molecule has 1 aliphatic rings. The van der Waals surface area contributed by atoms with Crippen LogP contribution in [0, 0.1) is 0 Å². The van der Waals surface area contributed by atoms with Crippen LogP contribution in [0.3, 0.4) is 0 Å². The van der Waals surface area contributed by atoms with E-state index in [1.165, 1.54) is 0 Å². The van der Waals surface area contributed by atoms with Gasteiger partial charge < -0.3 is 9.64 Å². The second-order valence-electron chi connectivity index (χ2n) is 6.09. The average Bonchev–Trinajstić information content (AvgIpc) is 3.04. The molecule has 1 aliphatic heterocycles. The number of amides is 1. The van der Waals surface area contributed by atoms with E-state index < -0.39 is 11.6 Å². The lowest BCUT2D eigenvalue weighted by Crippen LogP contribution is -2.43. The Bertz CT molecular complexity index is 536. The minimum Gasteiger partial charge on any atom is -0.458 e.